The van der Waals surface area contributed by atoms with Crippen molar-refractivity contribution in [1.82, 2.24) is 0 Å². The van der Waals surface area contributed by atoms with Crippen LogP contribution in [0, 0.1) is 0 Å². The van der Waals surface area contributed by atoms with E-state index in [4.69, 9.17) is 0 Å². The van der Waals surface area contributed by atoms with E-state index in [0.717, 1.165) is 19.3 Å². The number of carboxylic acids is 1. The zero-order valence-corrected chi connectivity index (χ0v) is 10.7. The first-order valence-electron chi connectivity index (χ1n) is 6.29. The fraction of sp³-hybridized carbons (Fsp3) is 0.333. The third kappa shape index (κ3) is 5.43. The summed E-state index contributed by atoms with van der Waals surface area (Å²) in [6.45, 7) is 2.04. The van der Waals surface area contributed by atoms with Gasteiger partial charge < -0.3 is 9.90 Å². The molecule has 0 aliphatic carbocycles. The molecule has 3 heteroatoms. The molecule has 2 aromatic rings. The largest absolute Gasteiger partial charge is 0.550 e. The van der Waals surface area contributed by atoms with Crippen molar-refractivity contribution < 1.29 is 14.9 Å². The van der Waals surface area contributed by atoms with Crippen LogP contribution in [-0.2, 0) is 4.79 Å². The summed E-state index contributed by atoms with van der Waals surface area (Å²) in [5.74, 6) is -0.932. The zero-order chi connectivity index (χ0) is 13.2. The lowest BCUT2D eigenvalue weighted by Gasteiger charge is -1.97. The van der Waals surface area contributed by atoms with Gasteiger partial charge >= 0.3 is 0 Å². The second kappa shape index (κ2) is 8.23. The van der Waals surface area contributed by atoms with Gasteiger partial charge in [0.1, 0.15) is 0 Å². The van der Waals surface area contributed by atoms with Crippen LogP contribution in [0.3, 0.4) is 0 Å². The fourth-order valence-corrected chi connectivity index (χ4v) is 1.58. The van der Waals surface area contributed by atoms with E-state index in [1.807, 2.05) is 31.3 Å². The molecule has 0 aliphatic rings. The maximum atomic E-state index is 9.76. The molecular weight excluding hydrogens is 226 g/mol. The van der Waals surface area contributed by atoms with Gasteiger partial charge in [0.2, 0.25) is 5.52 Å². The van der Waals surface area contributed by atoms with E-state index < -0.39 is 5.97 Å². The number of hydrogen-bond donors (Lipinski definition) is 0. The van der Waals surface area contributed by atoms with Crippen LogP contribution in [0.15, 0.2) is 42.6 Å². The number of rotatable bonds is 4. The predicted molar refractivity (Wildman–Crippen MR) is 69.7 cm³/mol. The summed E-state index contributed by atoms with van der Waals surface area (Å²) in [4.78, 5) is 12.9. The fourth-order valence-electron chi connectivity index (χ4n) is 1.58. The van der Waals surface area contributed by atoms with E-state index in [1.54, 1.807) is 0 Å². The van der Waals surface area contributed by atoms with Gasteiger partial charge in [-0.15, -0.1) is 0 Å². The maximum absolute atomic E-state index is 9.76. The first kappa shape index (κ1) is 14.2. The SMILES string of the molecule is CCCCCC(=O)[O-].c1ccc2[nH+]cccc2c1. The zero-order valence-electron chi connectivity index (χ0n) is 10.7. The molecule has 96 valence electrons. The molecule has 0 amide bonds. The molecule has 1 N–H and O–H groups in total. The number of nitrogens with one attached hydrogen (secondary N) is 1. The molecule has 0 unspecified atom stereocenters. The molecule has 1 heterocycles. The van der Waals surface area contributed by atoms with Crippen LogP contribution in [0.1, 0.15) is 32.6 Å². The molecule has 18 heavy (non-hydrogen) atoms. The Morgan fingerprint density at radius 2 is 1.89 bits per heavy atom. The summed E-state index contributed by atoms with van der Waals surface area (Å²) < 4.78 is 0. The van der Waals surface area contributed by atoms with Crippen molar-refractivity contribution in [1.29, 1.82) is 0 Å². The minimum absolute atomic E-state index is 0.216. The monoisotopic (exact) mass is 245 g/mol. The molecule has 0 saturated carbocycles. The van der Waals surface area contributed by atoms with Gasteiger partial charge in [0, 0.05) is 23.5 Å². The topological polar surface area (TPSA) is 54.3 Å². The number of carboxylic acid groups (broad SMARTS) is 1. The lowest BCUT2D eigenvalue weighted by atomic mass is 10.2. The number of aliphatic carboxylic acids is 1. The van der Waals surface area contributed by atoms with Gasteiger partial charge in [-0.2, -0.15) is 0 Å². The number of pyridine rings is 1. The number of aromatic amines is 1. The summed E-state index contributed by atoms with van der Waals surface area (Å²) >= 11 is 0. The number of hydrogen-bond acceptors (Lipinski definition) is 2. The van der Waals surface area contributed by atoms with Gasteiger partial charge in [0.25, 0.3) is 0 Å². The lowest BCUT2D eigenvalue weighted by Crippen LogP contribution is -2.21. The minimum Gasteiger partial charge on any atom is -0.550 e. The number of carbonyl (C=O) groups excluding carboxylic acids is 1. The third-order valence-corrected chi connectivity index (χ3v) is 2.56. The first-order chi connectivity index (χ1) is 8.74. The highest BCUT2D eigenvalue weighted by Crippen LogP contribution is 2.05. The van der Waals surface area contributed by atoms with E-state index >= 15 is 0 Å². The second-order valence-electron chi connectivity index (χ2n) is 4.09. The molecular formula is C15H19NO2. The van der Waals surface area contributed by atoms with Crippen LogP contribution in [0.4, 0.5) is 0 Å². The summed E-state index contributed by atoms with van der Waals surface area (Å²) in [5.41, 5.74) is 1.19. The van der Waals surface area contributed by atoms with E-state index in [1.165, 1.54) is 10.9 Å². The first-order valence-corrected chi connectivity index (χ1v) is 6.29. The number of benzene rings is 1. The van der Waals surface area contributed by atoms with Crippen molar-refractivity contribution >= 4 is 16.9 Å². The van der Waals surface area contributed by atoms with Crippen LogP contribution in [-0.4, -0.2) is 5.97 Å². The molecule has 0 atom stereocenters. The molecule has 1 aromatic heterocycles. The van der Waals surface area contributed by atoms with Gasteiger partial charge in [-0.1, -0.05) is 31.9 Å². The Morgan fingerprint density at radius 1 is 1.17 bits per heavy atom. The average molecular weight is 245 g/mol. The molecule has 0 radical (unpaired) electrons. The highest BCUT2D eigenvalue weighted by atomic mass is 16.4. The van der Waals surface area contributed by atoms with Crippen LogP contribution in [0.25, 0.3) is 10.9 Å². The Kier molecular flexibility index (Phi) is 6.47. The predicted octanol–water partition coefficient (Wildman–Crippen LogP) is 1.97. The summed E-state index contributed by atoms with van der Waals surface area (Å²) in [7, 11) is 0. The standard InChI is InChI=1S/C9H7N.C6H12O2/c1-2-6-9-8(4-1)5-3-7-10-9;1-2-3-4-5-6(7)8/h1-7H;2-5H2,1H3,(H,7,8). The molecule has 2 rings (SSSR count). The van der Waals surface area contributed by atoms with Crippen LogP contribution < -0.4 is 10.1 Å². The number of unbranched alkanes of at least 4 members (excludes halogenated alkanes) is 2. The molecule has 0 fully saturated rings. The normalized spacial score (nSPS) is 9.61. The molecule has 1 aromatic carbocycles. The number of carbonyl (C=O) groups is 1. The number of para-hydroxylation sites is 1. The van der Waals surface area contributed by atoms with E-state index in [9.17, 15) is 9.90 Å². The van der Waals surface area contributed by atoms with Gasteiger partial charge in [0.15, 0.2) is 6.20 Å². The van der Waals surface area contributed by atoms with Crippen LogP contribution in [0.2, 0.25) is 0 Å². The van der Waals surface area contributed by atoms with Crippen molar-refractivity contribution in [2.45, 2.75) is 32.6 Å². The van der Waals surface area contributed by atoms with Crippen molar-refractivity contribution in [2.75, 3.05) is 0 Å². The van der Waals surface area contributed by atoms with E-state index in [-0.39, 0.29) is 6.42 Å². The van der Waals surface area contributed by atoms with Crippen molar-refractivity contribution in [3.05, 3.63) is 42.6 Å². The Morgan fingerprint density at radius 3 is 2.56 bits per heavy atom. The number of aromatic nitrogens is 1. The van der Waals surface area contributed by atoms with Crippen LogP contribution >= 0.6 is 0 Å². The van der Waals surface area contributed by atoms with Crippen LogP contribution in [0.5, 0.6) is 0 Å². The molecule has 0 spiro atoms. The second-order valence-corrected chi connectivity index (χ2v) is 4.09. The highest BCUT2D eigenvalue weighted by Gasteiger charge is 1.92. The molecule has 3 nitrogen and oxygen atoms in total. The highest BCUT2D eigenvalue weighted by molar-refractivity contribution is 5.74. The smallest absolute Gasteiger partial charge is 0.210 e. The molecule has 0 saturated heterocycles. The molecule has 0 bridgehead atoms. The average Bonchev–Trinajstić information content (AvgIpc) is 2.40. The Balaban J connectivity index is 0.000000187. The van der Waals surface area contributed by atoms with E-state index in [2.05, 4.69) is 23.2 Å². The third-order valence-electron chi connectivity index (χ3n) is 2.56. The number of H-pyrrole nitrogens is 1. The molecule has 0 aliphatic heterocycles. The van der Waals surface area contributed by atoms with Gasteiger partial charge in [-0.3, -0.25) is 0 Å². The summed E-state index contributed by atoms with van der Waals surface area (Å²) in [6, 6.07) is 12.3. The summed E-state index contributed by atoms with van der Waals surface area (Å²) in [6.07, 6.45) is 4.97. The lowest BCUT2D eigenvalue weighted by molar-refractivity contribution is -0.344. The van der Waals surface area contributed by atoms with Crippen molar-refractivity contribution in [3.63, 3.8) is 0 Å². The Hall–Kier alpha value is -1.90. The minimum atomic E-state index is -0.932. The van der Waals surface area contributed by atoms with Crippen molar-refractivity contribution in [2.24, 2.45) is 0 Å². The Labute approximate surface area is 107 Å². The van der Waals surface area contributed by atoms with E-state index in [0.29, 0.717) is 0 Å². The van der Waals surface area contributed by atoms with Gasteiger partial charge in [0.05, 0.1) is 0 Å². The number of fused-ring (bicyclic) bond motifs is 1. The van der Waals surface area contributed by atoms with Gasteiger partial charge in [-0.25, -0.2) is 4.98 Å². The quantitative estimate of drug-likeness (QED) is 0.773. The van der Waals surface area contributed by atoms with Gasteiger partial charge in [-0.05, 0) is 25.0 Å². The maximum Gasteiger partial charge on any atom is 0.210 e. The summed E-state index contributed by atoms with van der Waals surface area (Å²) in [5, 5.41) is 11.0. The van der Waals surface area contributed by atoms with Crippen molar-refractivity contribution in [3.8, 4) is 0 Å². The Bertz CT molecular complexity index is 417.